The lowest BCUT2D eigenvalue weighted by Crippen LogP contribution is -2.03. The Morgan fingerprint density at radius 2 is 2.33 bits per heavy atom. The molecule has 0 spiro atoms. The third-order valence-electron chi connectivity index (χ3n) is 2.10. The van der Waals surface area contributed by atoms with E-state index in [1.165, 1.54) is 6.42 Å². The number of nitrogens with one attached hydrogen (secondary N) is 1. The fourth-order valence-electron chi connectivity index (χ4n) is 1.34. The van der Waals surface area contributed by atoms with Crippen molar-refractivity contribution in [2.45, 2.75) is 19.8 Å². The largest absolute Gasteiger partial charge is 0.369 e. The van der Waals surface area contributed by atoms with Crippen LogP contribution in [-0.4, -0.2) is 16.5 Å². The van der Waals surface area contributed by atoms with Gasteiger partial charge in [0.05, 0.1) is 10.2 Å². The first-order valence-corrected chi connectivity index (χ1v) is 6.21. The van der Waals surface area contributed by atoms with Crippen LogP contribution in [0.1, 0.15) is 19.8 Å². The maximum absolute atomic E-state index is 5.84. The van der Waals surface area contributed by atoms with Crippen LogP contribution in [0.25, 0.3) is 10.2 Å². The van der Waals surface area contributed by atoms with E-state index in [0.29, 0.717) is 5.28 Å². The minimum absolute atomic E-state index is 0.305. The van der Waals surface area contributed by atoms with E-state index >= 15 is 0 Å². The Morgan fingerprint density at radius 1 is 1.47 bits per heavy atom. The summed E-state index contributed by atoms with van der Waals surface area (Å²) < 4.78 is 1.08. The van der Waals surface area contributed by atoms with Crippen molar-refractivity contribution in [3.63, 3.8) is 0 Å². The van der Waals surface area contributed by atoms with Gasteiger partial charge in [-0.25, -0.2) is 4.98 Å². The quantitative estimate of drug-likeness (QED) is 0.657. The molecule has 0 fully saturated rings. The summed E-state index contributed by atoms with van der Waals surface area (Å²) in [6.07, 6.45) is 2.30. The third-order valence-corrected chi connectivity index (χ3v) is 3.18. The van der Waals surface area contributed by atoms with Gasteiger partial charge in [-0.05, 0) is 29.5 Å². The molecule has 2 heterocycles. The van der Waals surface area contributed by atoms with E-state index in [1.807, 2.05) is 11.4 Å². The van der Waals surface area contributed by atoms with Gasteiger partial charge in [0, 0.05) is 6.54 Å². The van der Waals surface area contributed by atoms with Crippen molar-refractivity contribution in [2.24, 2.45) is 0 Å². The fraction of sp³-hybridized carbons (Fsp3) is 0.400. The number of hydrogen-bond donors (Lipinski definition) is 1. The van der Waals surface area contributed by atoms with Crippen LogP contribution in [0.5, 0.6) is 0 Å². The third kappa shape index (κ3) is 2.38. The van der Waals surface area contributed by atoms with Crippen LogP contribution in [0.4, 0.5) is 5.82 Å². The van der Waals surface area contributed by atoms with E-state index < -0.39 is 0 Å². The lowest BCUT2D eigenvalue weighted by atomic mass is 10.3. The fourth-order valence-corrected chi connectivity index (χ4v) is 2.31. The van der Waals surface area contributed by atoms with Crippen molar-refractivity contribution in [3.8, 4) is 0 Å². The molecule has 0 unspecified atom stereocenters. The first-order chi connectivity index (χ1) is 7.31. The van der Waals surface area contributed by atoms with E-state index in [1.54, 1.807) is 11.3 Å². The van der Waals surface area contributed by atoms with E-state index in [-0.39, 0.29) is 0 Å². The second-order valence-electron chi connectivity index (χ2n) is 3.26. The summed E-state index contributed by atoms with van der Waals surface area (Å²) in [4.78, 5) is 8.35. The zero-order valence-corrected chi connectivity index (χ0v) is 10.0. The summed E-state index contributed by atoms with van der Waals surface area (Å²) in [6.45, 7) is 3.09. The Balaban J connectivity index is 2.27. The average Bonchev–Trinajstić information content (AvgIpc) is 2.65. The van der Waals surface area contributed by atoms with E-state index in [2.05, 4.69) is 22.2 Å². The number of aromatic nitrogens is 2. The van der Waals surface area contributed by atoms with Crippen molar-refractivity contribution in [2.75, 3.05) is 11.9 Å². The smallest absolute Gasteiger partial charge is 0.224 e. The molecule has 2 rings (SSSR count). The van der Waals surface area contributed by atoms with Crippen LogP contribution in [-0.2, 0) is 0 Å². The van der Waals surface area contributed by atoms with Gasteiger partial charge in [-0.2, -0.15) is 4.98 Å². The van der Waals surface area contributed by atoms with Gasteiger partial charge in [-0.15, -0.1) is 11.3 Å². The van der Waals surface area contributed by atoms with Crippen LogP contribution < -0.4 is 5.32 Å². The summed E-state index contributed by atoms with van der Waals surface area (Å²) in [5, 5.41) is 5.60. The number of anilines is 1. The van der Waals surface area contributed by atoms with Crippen molar-refractivity contribution in [3.05, 3.63) is 16.7 Å². The van der Waals surface area contributed by atoms with Gasteiger partial charge in [-0.1, -0.05) is 13.3 Å². The molecular formula is C10H12ClN3S. The minimum Gasteiger partial charge on any atom is -0.369 e. The summed E-state index contributed by atoms with van der Waals surface area (Å²) in [7, 11) is 0. The molecule has 1 N–H and O–H groups in total. The van der Waals surface area contributed by atoms with Crippen molar-refractivity contribution >= 4 is 39.0 Å². The Hall–Kier alpha value is -0.870. The Bertz CT molecular complexity index is 455. The van der Waals surface area contributed by atoms with E-state index in [0.717, 1.165) is 29.0 Å². The molecule has 0 aliphatic rings. The standard InChI is InChI=1S/C10H12ClN3S/c1-2-3-5-12-9-8-7(4-6-15-8)13-10(11)14-9/h4,6H,2-3,5H2,1H3,(H,12,13,14). The van der Waals surface area contributed by atoms with Crippen LogP contribution in [0, 0.1) is 0 Å². The highest BCUT2D eigenvalue weighted by Gasteiger charge is 2.06. The monoisotopic (exact) mass is 241 g/mol. The molecule has 0 aromatic carbocycles. The number of nitrogens with zero attached hydrogens (tertiary/aromatic N) is 2. The highest BCUT2D eigenvalue weighted by Crippen LogP contribution is 2.27. The Kier molecular flexibility index (Phi) is 3.38. The normalized spacial score (nSPS) is 10.8. The van der Waals surface area contributed by atoms with Crippen molar-refractivity contribution in [1.82, 2.24) is 9.97 Å². The van der Waals surface area contributed by atoms with Gasteiger partial charge in [0.1, 0.15) is 5.82 Å². The zero-order chi connectivity index (χ0) is 10.7. The predicted octanol–water partition coefficient (Wildman–Crippen LogP) is 3.56. The van der Waals surface area contributed by atoms with Gasteiger partial charge in [0.15, 0.2) is 0 Å². The molecule has 80 valence electrons. The molecular weight excluding hydrogens is 230 g/mol. The van der Waals surface area contributed by atoms with Crippen molar-refractivity contribution < 1.29 is 0 Å². The Morgan fingerprint density at radius 3 is 3.13 bits per heavy atom. The van der Waals surface area contributed by atoms with E-state index in [4.69, 9.17) is 11.6 Å². The molecule has 3 nitrogen and oxygen atoms in total. The molecule has 5 heteroatoms. The molecule has 0 atom stereocenters. The number of unbranched alkanes of at least 4 members (excludes halogenated alkanes) is 1. The summed E-state index contributed by atoms with van der Waals surface area (Å²) in [5.74, 6) is 0.855. The van der Waals surface area contributed by atoms with Gasteiger partial charge < -0.3 is 5.32 Å². The maximum Gasteiger partial charge on any atom is 0.224 e. The first-order valence-electron chi connectivity index (χ1n) is 4.96. The molecule has 2 aromatic rings. The van der Waals surface area contributed by atoms with Gasteiger partial charge >= 0.3 is 0 Å². The number of hydrogen-bond acceptors (Lipinski definition) is 4. The number of thiophene rings is 1. The van der Waals surface area contributed by atoms with Crippen LogP contribution >= 0.6 is 22.9 Å². The molecule has 0 bridgehead atoms. The molecule has 2 aromatic heterocycles. The van der Waals surface area contributed by atoms with Gasteiger partial charge in [-0.3, -0.25) is 0 Å². The summed E-state index contributed by atoms with van der Waals surface area (Å²) >= 11 is 7.47. The van der Waals surface area contributed by atoms with Gasteiger partial charge in [0.2, 0.25) is 5.28 Å². The number of halogens is 1. The number of rotatable bonds is 4. The Labute approximate surface area is 97.5 Å². The topological polar surface area (TPSA) is 37.8 Å². The zero-order valence-electron chi connectivity index (χ0n) is 8.46. The maximum atomic E-state index is 5.84. The lowest BCUT2D eigenvalue weighted by Gasteiger charge is -2.05. The van der Waals surface area contributed by atoms with Gasteiger partial charge in [0.25, 0.3) is 0 Å². The number of fused-ring (bicyclic) bond motifs is 1. The molecule has 0 radical (unpaired) electrons. The van der Waals surface area contributed by atoms with Crippen LogP contribution in [0.3, 0.4) is 0 Å². The summed E-state index contributed by atoms with van der Waals surface area (Å²) in [5.41, 5.74) is 0.916. The van der Waals surface area contributed by atoms with Crippen LogP contribution in [0.2, 0.25) is 5.28 Å². The lowest BCUT2D eigenvalue weighted by molar-refractivity contribution is 0.832. The minimum atomic E-state index is 0.305. The van der Waals surface area contributed by atoms with Crippen molar-refractivity contribution in [1.29, 1.82) is 0 Å². The molecule has 0 saturated carbocycles. The highest BCUT2D eigenvalue weighted by molar-refractivity contribution is 7.17. The second kappa shape index (κ2) is 4.77. The van der Waals surface area contributed by atoms with E-state index in [9.17, 15) is 0 Å². The molecule has 0 aliphatic heterocycles. The SMILES string of the molecule is CCCCNc1nc(Cl)nc2ccsc12. The average molecular weight is 242 g/mol. The van der Waals surface area contributed by atoms with Crippen LogP contribution in [0.15, 0.2) is 11.4 Å². The second-order valence-corrected chi connectivity index (χ2v) is 4.51. The predicted molar refractivity (Wildman–Crippen MR) is 65.8 cm³/mol. The molecule has 0 aliphatic carbocycles. The summed E-state index contributed by atoms with van der Waals surface area (Å²) in [6, 6.07) is 1.96. The molecule has 15 heavy (non-hydrogen) atoms. The molecule has 0 amide bonds. The first kappa shape index (κ1) is 10.6. The highest BCUT2D eigenvalue weighted by atomic mass is 35.5. The molecule has 0 saturated heterocycles.